The highest BCUT2D eigenvalue weighted by Crippen LogP contribution is 2.25. The van der Waals surface area contributed by atoms with Gasteiger partial charge >= 0.3 is 0 Å². The summed E-state index contributed by atoms with van der Waals surface area (Å²) in [7, 11) is 0. The van der Waals surface area contributed by atoms with E-state index in [9.17, 15) is 4.79 Å². The molecule has 0 unspecified atom stereocenters. The zero-order chi connectivity index (χ0) is 11.1. The Bertz CT molecular complexity index is 598. The second kappa shape index (κ2) is 3.20. The van der Waals surface area contributed by atoms with Crippen LogP contribution in [0.25, 0.3) is 11.0 Å². The Balaban J connectivity index is 2.08. The first-order chi connectivity index (χ1) is 7.74. The van der Waals surface area contributed by atoms with Crippen LogP contribution in [-0.2, 0) is 4.79 Å². The van der Waals surface area contributed by atoms with Gasteiger partial charge in [-0.25, -0.2) is 5.01 Å². The second-order valence-corrected chi connectivity index (χ2v) is 3.86. The van der Waals surface area contributed by atoms with Crippen molar-refractivity contribution in [2.45, 2.75) is 13.3 Å². The summed E-state index contributed by atoms with van der Waals surface area (Å²) >= 11 is 0. The fraction of sp³-hybridized carbons (Fsp3) is 0.167. The van der Waals surface area contributed by atoms with Gasteiger partial charge in [0.1, 0.15) is 5.58 Å². The lowest BCUT2D eigenvalue weighted by molar-refractivity contribution is -0.116. The molecule has 3 rings (SSSR count). The number of hydrogen-bond acceptors (Lipinski definition) is 3. The van der Waals surface area contributed by atoms with Gasteiger partial charge in [-0.2, -0.15) is 5.10 Å². The van der Waals surface area contributed by atoms with Crippen LogP contribution < -0.4 is 5.01 Å². The lowest BCUT2D eigenvalue weighted by Crippen LogP contribution is -2.19. The molecule has 0 N–H and O–H groups in total. The quantitative estimate of drug-likeness (QED) is 0.732. The number of rotatable bonds is 1. The standard InChI is InChI=1S/C12H10N2O2/c1-8-6-12(15)14(13-8)10-3-2-9-4-5-16-11(9)7-10/h2-5,7H,6H2,1H3. The van der Waals surface area contributed by atoms with E-state index >= 15 is 0 Å². The highest BCUT2D eigenvalue weighted by Gasteiger charge is 2.22. The van der Waals surface area contributed by atoms with E-state index in [-0.39, 0.29) is 5.91 Å². The minimum atomic E-state index is 0.00315. The molecule has 1 aliphatic rings. The van der Waals surface area contributed by atoms with Crippen LogP contribution in [-0.4, -0.2) is 11.6 Å². The third-order valence-electron chi connectivity index (χ3n) is 2.60. The summed E-state index contributed by atoms with van der Waals surface area (Å²) in [6.07, 6.45) is 2.03. The second-order valence-electron chi connectivity index (χ2n) is 3.86. The summed E-state index contributed by atoms with van der Waals surface area (Å²) in [5.74, 6) is 0.00315. The van der Waals surface area contributed by atoms with Crippen molar-refractivity contribution in [2.75, 3.05) is 5.01 Å². The SMILES string of the molecule is CC1=NN(c2ccc3ccoc3c2)C(=O)C1. The molecule has 1 aromatic heterocycles. The Morgan fingerprint density at radius 2 is 2.25 bits per heavy atom. The number of fused-ring (bicyclic) bond motifs is 1. The Labute approximate surface area is 92.1 Å². The highest BCUT2D eigenvalue weighted by atomic mass is 16.3. The Morgan fingerprint density at radius 1 is 1.38 bits per heavy atom. The minimum Gasteiger partial charge on any atom is -0.464 e. The summed E-state index contributed by atoms with van der Waals surface area (Å²) in [6.45, 7) is 1.85. The first-order valence-electron chi connectivity index (χ1n) is 5.08. The van der Waals surface area contributed by atoms with Gasteiger partial charge in [0, 0.05) is 17.2 Å². The number of benzene rings is 1. The van der Waals surface area contributed by atoms with E-state index in [1.54, 1.807) is 6.26 Å². The number of carbonyl (C=O) groups excluding carboxylic acids is 1. The largest absolute Gasteiger partial charge is 0.464 e. The van der Waals surface area contributed by atoms with Crippen LogP contribution in [0, 0.1) is 0 Å². The molecule has 16 heavy (non-hydrogen) atoms. The highest BCUT2D eigenvalue weighted by molar-refractivity contribution is 6.12. The van der Waals surface area contributed by atoms with Gasteiger partial charge in [-0.1, -0.05) is 0 Å². The molecule has 2 aromatic rings. The van der Waals surface area contributed by atoms with Crippen LogP contribution in [0.5, 0.6) is 0 Å². The van der Waals surface area contributed by atoms with Gasteiger partial charge in [-0.05, 0) is 25.1 Å². The molecule has 2 heterocycles. The number of anilines is 1. The maximum atomic E-state index is 11.6. The third-order valence-corrected chi connectivity index (χ3v) is 2.60. The van der Waals surface area contributed by atoms with Crippen molar-refractivity contribution >= 4 is 28.3 Å². The molecule has 0 aliphatic carbocycles. The molecule has 0 spiro atoms. The number of furan rings is 1. The summed E-state index contributed by atoms with van der Waals surface area (Å²) in [5.41, 5.74) is 2.36. The molecular formula is C12H10N2O2. The fourth-order valence-corrected chi connectivity index (χ4v) is 1.83. The fourth-order valence-electron chi connectivity index (χ4n) is 1.83. The lowest BCUT2D eigenvalue weighted by Gasteiger charge is -2.10. The van der Waals surface area contributed by atoms with Gasteiger partial charge in [0.2, 0.25) is 0 Å². The van der Waals surface area contributed by atoms with Crippen LogP contribution in [0.15, 0.2) is 40.0 Å². The first-order valence-corrected chi connectivity index (χ1v) is 5.08. The molecule has 1 aromatic carbocycles. The van der Waals surface area contributed by atoms with E-state index in [2.05, 4.69) is 5.10 Å². The molecule has 0 bridgehead atoms. The van der Waals surface area contributed by atoms with Gasteiger partial charge in [-0.15, -0.1) is 0 Å². The molecular weight excluding hydrogens is 204 g/mol. The summed E-state index contributed by atoms with van der Waals surface area (Å²) in [4.78, 5) is 11.6. The number of carbonyl (C=O) groups is 1. The predicted molar refractivity (Wildman–Crippen MR) is 61.4 cm³/mol. The van der Waals surface area contributed by atoms with Gasteiger partial charge in [0.05, 0.1) is 18.4 Å². The average molecular weight is 214 g/mol. The molecule has 4 nitrogen and oxygen atoms in total. The maximum Gasteiger partial charge on any atom is 0.253 e. The van der Waals surface area contributed by atoms with Crippen molar-refractivity contribution < 1.29 is 9.21 Å². The van der Waals surface area contributed by atoms with Gasteiger partial charge in [-0.3, -0.25) is 4.79 Å². The number of amides is 1. The van der Waals surface area contributed by atoms with E-state index in [0.29, 0.717) is 6.42 Å². The van der Waals surface area contributed by atoms with E-state index in [1.807, 2.05) is 31.2 Å². The third kappa shape index (κ3) is 1.31. The Hall–Kier alpha value is -2.10. The van der Waals surface area contributed by atoms with Gasteiger partial charge in [0.15, 0.2) is 0 Å². The Morgan fingerprint density at radius 3 is 3.00 bits per heavy atom. The van der Waals surface area contributed by atoms with Crippen molar-refractivity contribution in [3.63, 3.8) is 0 Å². The smallest absolute Gasteiger partial charge is 0.253 e. The van der Waals surface area contributed by atoms with Crippen molar-refractivity contribution in [2.24, 2.45) is 5.10 Å². The first kappa shape index (κ1) is 9.15. The molecule has 4 heteroatoms. The monoisotopic (exact) mass is 214 g/mol. The normalized spacial score (nSPS) is 15.9. The molecule has 1 aliphatic heterocycles. The molecule has 0 saturated heterocycles. The van der Waals surface area contributed by atoms with Crippen LogP contribution in [0.3, 0.4) is 0 Å². The molecule has 80 valence electrons. The summed E-state index contributed by atoms with van der Waals surface area (Å²) in [6, 6.07) is 7.51. The number of nitrogens with zero attached hydrogens (tertiary/aromatic N) is 2. The van der Waals surface area contributed by atoms with Crippen LogP contribution in [0.4, 0.5) is 5.69 Å². The summed E-state index contributed by atoms with van der Waals surface area (Å²) < 4.78 is 5.29. The van der Waals surface area contributed by atoms with E-state index < -0.39 is 0 Å². The minimum absolute atomic E-state index is 0.00315. The lowest BCUT2D eigenvalue weighted by atomic mass is 10.2. The van der Waals surface area contributed by atoms with Crippen LogP contribution in [0.1, 0.15) is 13.3 Å². The predicted octanol–water partition coefficient (Wildman–Crippen LogP) is 2.55. The van der Waals surface area contributed by atoms with Crippen molar-refractivity contribution in [1.29, 1.82) is 0 Å². The van der Waals surface area contributed by atoms with Crippen molar-refractivity contribution in [3.8, 4) is 0 Å². The van der Waals surface area contributed by atoms with Gasteiger partial charge < -0.3 is 4.42 Å². The van der Waals surface area contributed by atoms with Gasteiger partial charge in [0.25, 0.3) is 5.91 Å². The van der Waals surface area contributed by atoms with E-state index in [4.69, 9.17) is 4.42 Å². The Kier molecular flexibility index (Phi) is 1.83. The molecule has 0 atom stereocenters. The van der Waals surface area contributed by atoms with Crippen LogP contribution in [0.2, 0.25) is 0 Å². The topological polar surface area (TPSA) is 45.8 Å². The summed E-state index contributed by atoms with van der Waals surface area (Å²) in [5, 5.41) is 6.64. The zero-order valence-electron chi connectivity index (χ0n) is 8.80. The zero-order valence-corrected chi connectivity index (χ0v) is 8.80. The molecule has 1 amide bonds. The molecule has 0 saturated carbocycles. The maximum absolute atomic E-state index is 11.6. The van der Waals surface area contributed by atoms with E-state index in [0.717, 1.165) is 22.4 Å². The number of hydrazone groups is 1. The molecule has 0 radical (unpaired) electrons. The number of hydrogen-bond donors (Lipinski definition) is 0. The van der Waals surface area contributed by atoms with Crippen molar-refractivity contribution in [1.82, 2.24) is 0 Å². The van der Waals surface area contributed by atoms with E-state index in [1.165, 1.54) is 5.01 Å². The average Bonchev–Trinajstić information content (AvgIpc) is 2.83. The van der Waals surface area contributed by atoms with Crippen LogP contribution >= 0.6 is 0 Å². The van der Waals surface area contributed by atoms with Crippen molar-refractivity contribution in [3.05, 3.63) is 30.5 Å². The molecule has 0 fully saturated rings.